The Bertz CT molecular complexity index is 544. The van der Waals surface area contributed by atoms with Crippen LogP contribution in [0.15, 0.2) is 18.2 Å². The second-order valence-electron chi connectivity index (χ2n) is 4.95. The lowest BCUT2D eigenvalue weighted by Crippen LogP contribution is -2.49. The predicted octanol–water partition coefficient (Wildman–Crippen LogP) is 0.0351. The zero-order valence-electron chi connectivity index (χ0n) is 11.8. The summed E-state index contributed by atoms with van der Waals surface area (Å²) in [7, 11) is 1.45. The lowest BCUT2D eigenvalue weighted by molar-refractivity contribution is -0.132. The number of rotatable bonds is 3. The van der Waals surface area contributed by atoms with Crippen LogP contribution in [-0.4, -0.2) is 66.5 Å². The van der Waals surface area contributed by atoms with E-state index in [2.05, 4.69) is 5.32 Å². The highest BCUT2D eigenvalue weighted by atomic mass is 19.1. The van der Waals surface area contributed by atoms with E-state index in [1.54, 1.807) is 4.90 Å². The molecule has 2 N–H and O–H groups in total. The Hall–Kier alpha value is -2.15. The number of aromatic hydroxyl groups is 1. The molecule has 0 atom stereocenters. The van der Waals surface area contributed by atoms with Crippen LogP contribution in [0.5, 0.6) is 5.75 Å². The van der Waals surface area contributed by atoms with Gasteiger partial charge in [-0.3, -0.25) is 9.59 Å². The Morgan fingerprint density at radius 3 is 2.71 bits per heavy atom. The molecule has 0 unspecified atom stereocenters. The lowest BCUT2D eigenvalue weighted by Gasteiger charge is -2.29. The molecule has 1 aliphatic heterocycles. The molecular formula is C14H18FN3O3. The number of hydrogen-bond acceptors (Lipinski definition) is 4. The van der Waals surface area contributed by atoms with Gasteiger partial charge in [-0.1, -0.05) is 0 Å². The molecule has 7 heteroatoms. The molecule has 114 valence electrons. The average Bonchev–Trinajstić information content (AvgIpc) is 2.49. The van der Waals surface area contributed by atoms with Gasteiger partial charge in [0.1, 0.15) is 11.6 Å². The van der Waals surface area contributed by atoms with Crippen LogP contribution in [0.3, 0.4) is 0 Å². The summed E-state index contributed by atoms with van der Waals surface area (Å²) >= 11 is 0. The first-order valence-electron chi connectivity index (χ1n) is 6.71. The minimum atomic E-state index is -0.613. The van der Waals surface area contributed by atoms with Gasteiger partial charge in [0.2, 0.25) is 5.91 Å². The minimum Gasteiger partial charge on any atom is -0.507 e. The van der Waals surface area contributed by atoms with Crippen molar-refractivity contribution in [1.82, 2.24) is 15.1 Å². The topological polar surface area (TPSA) is 72.9 Å². The van der Waals surface area contributed by atoms with Gasteiger partial charge in [-0.15, -0.1) is 0 Å². The Morgan fingerprint density at radius 1 is 1.38 bits per heavy atom. The van der Waals surface area contributed by atoms with E-state index >= 15 is 0 Å². The number of carbonyl (C=O) groups is 2. The Labute approximate surface area is 122 Å². The fraction of sp³-hybridized carbons (Fsp3) is 0.429. The number of amides is 2. The van der Waals surface area contributed by atoms with E-state index in [1.807, 2.05) is 0 Å². The molecule has 1 saturated heterocycles. The van der Waals surface area contributed by atoms with Gasteiger partial charge in [-0.05, 0) is 18.2 Å². The van der Waals surface area contributed by atoms with Crippen molar-refractivity contribution in [2.45, 2.75) is 0 Å². The van der Waals surface area contributed by atoms with Gasteiger partial charge in [0, 0.05) is 33.2 Å². The van der Waals surface area contributed by atoms with Gasteiger partial charge in [0.25, 0.3) is 5.91 Å². The van der Waals surface area contributed by atoms with Crippen LogP contribution in [0.25, 0.3) is 0 Å². The van der Waals surface area contributed by atoms with E-state index < -0.39 is 11.7 Å². The molecule has 1 heterocycles. The summed E-state index contributed by atoms with van der Waals surface area (Å²) in [6.45, 7) is 2.56. The van der Waals surface area contributed by atoms with Gasteiger partial charge in [0.15, 0.2) is 0 Å². The van der Waals surface area contributed by atoms with Crippen molar-refractivity contribution in [3.63, 3.8) is 0 Å². The highest BCUT2D eigenvalue weighted by molar-refractivity contribution is 5.98. The number of likely N-dealkylation sites (N-methyl/N-ethyl adjacent to an activating group) is 1. The van der Waals surface area contributed by atoms with E-state index in [0.717, 1.165) is 31.3 Å². The predicted molar refractivity (Wildman–Crippen MR) is 74.5 cm³/mol. The summed E-state index contributed by atoms with van der Waals surface area (Å²) in [5.74, 6) is -1.67. The molecule has 1 aliphatic rings. The van der Waals surface area contributed by atoms with Crippen molar-refractivity contribution in [2.24, 2.45) is 0 Å². The van der Waals surface area contributed by atoms with E-state index in [1.165, 1.54) is 11.9 Å². The molecule has 0 aromatic heterocycles. The van der Waals surface area contributed by atoms with E-state index in [4.69, 9.17) is 0 Å². The highest BCUT2D eigenvalue weighted by Gasteiger charge is 2.22. The first kappa shape index (κ1) is 15.2. The first-order chi connectivity index (χ1) is 9.99. The molecule has 2 amide bonds. The van der Waals surface area contributed by atoms with Crippen LogP contribution in [-0.2, 0) is 4.79 Å². The maximum absolute atomic E-state index is 13.2. The van der Waals surface area contributed by atoms with Crippen molar-refractivity contribution < 1.29 is 19.1 Å². The van der Waals surface area contributed by atoms with E-state index in [0.29, 0.717) is 13.1 Å². The molecule has 21 heavy (non-hydrogen) atoms. The number of nitrogens with zero attached hydrogens (tertiary/aromatic N) is 2. The summed E-state index contributed by atoms with van der Waals surface area (Å²) in [6, 6.07) is 3.15. The van der Waals surface area contributed by atoms with Gasteiger partial charge >= 0.3 is 0 Å². The molecule has 0 saturated carbocycles. The van der Waals surface area contributed by atoms with Crippen LogP contribution in [0.4, 0.5) is 4.39 Å². The number of phenolic OH excluding ortho intramolecular Hbond substituents is 1. The molecule has 0 bridgehead atoms. The molecule has 1 aromatic rings. The number of hydrogen-bond donors (Lipinski definition) is 2. The maximum Gasteiger partial charge on any atom is 0.257 e. The zero-order valence-corrected chi connectivity index (χ0v) is 11.8. The van der Waals surface area contributed by atoms with Crippen molar-refractivity contribution in [3.8, 4) is 5.75 Å². The lowest BCUT2D eigenvalue weighted by atomic mass is 10.1. The molecule has 2 rings (SSSR count). The second kappa shape index (κ2) is 6.53. The van der Waals surface area contributed by atoms with Crippen LogP contribution >= 0.6 is 0 Å². The SMILES string of the molecule is CN(CC(=O)N1CCNCC1)C(=O)c1cc(F)ccc1O. The van der Waals surface area contributed by atoms with Gasteiger partial charge in [0.05, 0.1) is 12.1 Å². The zero-order chi connectivity index (χ0) is 15.4. The molecule has 6 nitrogen and oxygen atoms in total. The number of phenols is 1. The van der Waals surface area contributed by atoms with Crippen LogP contribution in [0.2, 0.25) is 0 Å². The summed E-state index contributed by atoms with van der Waals surface area (Å²) in [4.78, 5) is 27.1. The number of benzene rings is 1. The van der Waals surface area contributed by atoms with Gasteiger partial charge < -0.3 is 20.2 Å². The molecule has 1 aromatic carbocycles. The van der Waals surface area contributed by atoms with Crippen LogP contribution < -0.4 is 5.32 Å². The fourth-order valence-electron chi connectivity index (χ4n) is 2.17. The quantitative estimate of drug-likeness (QED) is 0.825. The van der Waals surface area contributed by atoms with E-state index in [-0.39, 0.29) is 23.8 Å². The maximum atomic E-state index is 13.2. The largest absolute Gasteiger partial charge is 0.507 e. The highest BCUT2D eigenvalue weighted by Crippen LogP contribution is 2.19. The molecule has 0 aliphatic carbocycles. The van der Waals surface area contributed by atoms with E-state index in [9.17, 15) is 19.1 Å². The molecule has 0 radical (unpaired) electrons. The van der Waals surface area contributed by atoms with Crippen molar-refractivity contribution in [2.75, 3.05) is 39.8 Å². The third-order valence-electron chi connectivity index (χ3n) is 3.38. The van der Waals surface area contributed by atoms with Crippen molar-refractivity contribution in [3.05, 3.63) is 29.6 Å². The van der Waals surface area contributed by atoms with Crippen LogP contribution in [0, 0.1) is 5.82 Å². The standard InChI is InChI=1S/C14H18FN3O3/c1-17(9-13(20)18-6-4-16-5-7-18)14(21)11-8-10(15)2-3-12(11)19/h2-3,8,16,19H,4-7,9H2,1H3. The molecule has 1 fully saturated rings. The molecule has 0 spiro atoms. The summed E-state index contributed by atoms with van der Waals surface area (Å²) in [5.41, 5.74) is -0.148. The Morgan fingerprint density at radius 2 is 2.05 bits per heavy atom. The van der Waals surface area contributed by atoms with Gasteiger partial charge in [-0.2, -0.15) is 0 Å². The third-order valence-corrected chi connectivity index (χ3v) is 3.38. The number of piperazine rings is 1. The summed E-state index contributed by atoms with van der Waals surface area (Å²) in [6.07, 6.45) is 0. The molecular weight excluding hydrogens is 277 g/mol. The third kappa shape index (κ3) is 3.69. The minimum absolute atomic E-state index is 0.102. The van der Waals surface area contributed by atoms with Gasteiger partial charge in [-0.25, -0.2) is 4.39 Å². The summed E-state index contributed by atoms with van der Waals surface area (Å²) in [5, 5.41) is 12.8. The van der Waals surface area contributed by atoms with Crippen molar-refractivity contribution >= 4 is 11.8 Å². The fourth-order valence-corrected chi connectivity index (χ4v) is 2.17. The van der Waals surface area contributed by atoms with Crippen molar-refractivity contribution in [1.29, 1.82) is 0 Å². The van der Waals surface area contributed by atoms with Crippen LogP contribution in [0.1, 0.15) is 10.4 Å². The summed E-state index contributed by atoms with van der Waals surface area (Å²) < 4.78 is 13.2. The number of nitrogens with one attached hydrogen (secondary N) is 1. The number of carbonyl (C=O) groups excluding carboxylic acids is 2. The average molecular weight is 295 g/mol. The first-order valence-corrected chi connectivity index (χ1v) is 6.71. The monoisotopic (exact) mass is 295 g/mol. The normalized spacial score (nSPS) is 14.9. The Kier molecular flexibility index (Phi) is 4.74. The number of halogens is 1. The smallest absolute Gasteiger partial charge is 0.257 e. The second-order valence-corrected chi connectivity index (χ2v) is 4.95. The Balaban J connectivity index is 2.02.